The third-order valence-electron chi connectivity index (χ3n) is 5.86. The number of nitrogens with two attached hydrogens (primary N) is 1. The molecule has 1 aromatic rings. The molecule has 0 amide bonds. The Morgan fingerprint density at radius 2 is 1.95 bits per heavy atom. The SMILES string of the molecule is Nc1c(Br)cc(Br)cc1CNC12CC3CC(C1)C[PH](O)(C3)C2. The summed E-state index contributed by atoms with van der Waals surface area (Å²) in [5.41, 5.74) is 8.33. The van der Waals surface area contributed by atoms with Crippen molar-refractivity contribution in [1.82, 2.24) is 5.32 Å². The topological polar surface area (TPSA) is 58.3 Å². The van der Waals surface area contributed by atoms with Crippen molar-refractivity contribution in [2.45, 2.75) is 31.3 Å². The van der Waals surface area contributed by atoms with Gasteiger partial charge >= 0.3 is 149 Å². The molecule has 3 aliphatic heterocycles. The quantitative estimate of drug-likeness (QED) is 0.486. The van der Waals surface area contributed by atoms with Crippen LogP contribution in [0.4, 0.5) is 5.69 Å². The van der Waals surface area contributed by atoms with E-state index in [0.29, 0.717) is 0 Å². The van der Waals surface area contributed by atoms with E-state index in [1.807, 2.05) is 6.07 Å². The van der Waals surface area contributed by atoms with Crippen LogP contribution in [0.15, 0.2) is 21.1 Å². The second kappa shape index (κ2) is 5.42. The molecule has 4 bridgehead atoms. The van der Waals surface area contributed by atoms with Crippen molar-refractivity contribution >= 4 is 45.0 Å². The van der Waals surface area contributed by atoms with Crippen LogP contribution in [-0.2, 0) is 6.54 Å². The fraction of sp³-hybridized carbons (Fsp3) is 0.625. The number of hydrogen-bond acceptors (Lipinski definition) is 3. The van der Waals surface area contributed by atoms with Gasteiger partial charge in [0, 0.05) is 0 Å². The first-order chi connectivity index (χ1) is 10.4. The Kier molecular flexibility index (Phi) is 3.90. The number of anilines is 1. The molecule has 2 unspecified atom stereocenters. The predicted molar refractivity (Wildman–Crippen MR) is 102 cm³/mol. The molecule has 1 saturated carbocycles. The maximum absolute atomic E-state index is 11.0. The Morgan fingerprint density at radius 3 is 2.59 bits per heavy atom. The summed E-state index contributed by atoms with van der Waals surface area (Å²) in [7, 11) is -1.96. The second-order valence-corrected chi connectivity index (χ2v) is 13.2. The van der Waals surface area contributed by atoms with Gasteiger partial charge in [0.25, 0.3) is 0 Å². The Morgan fingerprint density at radius 1 is 1.27 bits per heavy atom. The van der Waals surface area contributed by atoms with Crippen LogP contribution in [0, 0.1) is 11.8 Å². The normalized spacial score (nSPS) is 36.5. The molecule has 122 valence electrons. The van der Waals surface area contributed by atoms with E-state index in [1.54, 1.807) is 0 Å². The summed E-state index contributed by atoms with van der Waals surface area (Å²) in [4.78, 5) is 11.0. The predicted octanol–water partition coefficient (Wildman–Crippen LogP) is 3.72. The standard InChI is InChI=1S/C16H23Br2N2OP/c17-13-2-12(15(19)14(18)3-13)6-20-16-4-10-1-11(5-16)8-22(21,7-10)9-16/h2-3,10-11,20-22H,1,4-9,19H2. The molecule has 3 saturated heterocycles. The van der Waals surface area contributed by atoms with Gasteiger partial charge in [-0.25, -0.2) is 0 Å². The van der Waals surface area contributed by atoms with E-state index in [-0.39, 0.29) is 5.54 Å². The third kappa shape index (κ3) is 2.77. The van der Waals surface area contributed by atoms with E-state index in [1.165, 1.54) is 19.3 Å². The molecule has 4 N–H and O–H groups in total. The van der Waals surface area contributed by atoms with Gasteiger partial charge in [-0.05, 0) is 0 Å². The number of rotatable bonds is 3. The molecule has 4 aliphatic rings. The van der Waals surface area contributed by atoms with Gasteiger partial charge in [0.2, 0.25) is 0 Å². The fourth-order valence-corrected chi connectivity index (χ4v) is 11.7. The van der Waals surface area contributed by atoms with Crippen LogP contribution in [0.3, 0.4) is 0 Å². The number of hydrogen-bond donors (Lipinski definition) is 3. The molecular weight excluding hydrogens is 427 g/mol. The van der Waals surface area contributed by atoms with Crippen LogP contribution >= 0.6 is 39.3 Å². The summed E-state index contributed by atoms with van der Waals surface area (Å²) in [6, 6.07) is 4.08. The molecular formula is C16H23Br2N2OP. The van der Waals surface area contributed by atoms with Crippen molar-refractivity contribution in [2.24, 2.45) is 11.8 Å². The second-order valence-electron chi connectivity index (χ2n) is 7.78. The Bertz CT molecular complexity index is 610. The van der Waals surface area contributed by atoms with Crippen LogP contribution in [0.2, 0.25) is 0 Å². The molecule has 0 radical (unpaired) electrons. The van der Waals surface area contributed by atoms with Gasteiger partial charge in [-0.1, -0.05) is 0 Å². The van der Waals surface area contributed by atoms with Gasteiger partial charge in [-0.2, -0.15) is 0 Å². The van der Waals surface area contributed by atoms with Gasteiger partial charge in [-0.3, -0.25) is 0 Å². The number of benzene rings is 1. The molecule has 3 nitrogen and oxygen atoms in total. The van der Waals surface area contributed by atoms with Crippen LogP contribution in [0.5, 0.6) is 0 Å². The van der Waals surface area contributed by atoms with Crippen LogP contribution < -0.4 is 11.1 Å². The van der Waals surface area contributed by atoms with Crippen LogP contribution in [0.1, 0.15) is 24.8 Å². The molecule has 1 aliphatic carbocycles. The third-order valence-corrected chi connectivity index (χ3v) is 11.0. The Hall–Kier alpha value is 0.330. The van der Waals surface area contributed by atoms with Gasteiger partial charge in [-0.15, -0.1) is 0 Å². The number of nitrogen functional groups attached to an aromatic ring is 1. The summed E-state index contributed by atoms with van der Waals surface area (Å²) in [6.45, 7) is 0.786. The van der Waals surface area contributed by atoms with Crippen molar-refractivity contribution in [3.8, 4) is 0 Å². The number of halogens is 2. The van der Waals surface area contributed by atoms with Crippen LogP contribution in [0.25, 0.3) is 0 Å². The Labute approximate surface area is 149 Å². The summed E-state index contributed by atoms with van der Waals surface area (Å²) < 4.78 is 1.99. The number of nitrogens with one attached hydrogen (secondary N) is 1. The van der Waals surface area contributed by atoms with Gasteiger partial charge < -0.3 is 0 Å². The first kappa shape index (κ1) is 15.8. The summed E-state index contributed by atoms with van der Waals surface area (Å²) in [5.74, 6) is 1.52. The molecule has 2 atom stereocenters. The molecule has 0 spiro atoms. The van der Waals surface area contributed by atoms with Crippen molar-refractivity contribution in [1.29, 1.82) is 0 Å². The van der Waals surface area contributed by atoms with E-state index in [2.05, 4.69) is 43.2 Å². The van der Waals surface area contributed by atoms with E-state index < -0.39 is 7.49 Å². The van der Waals surface area contributed by atoms with Crippen LogP contribution in [-0.4, -0.2) is 28.9 Å². The van der Waals surface area contributed by atoms with Gasteiger partial charge in [0.15, 0.2) is 0 Å². The summed E-state index contributed by atoms with van der Waals surface area (Å²) in [5, 5.41) is 3.82. The summed E-state index contributed by atoms with van der Waals surface area (Å²) in [6.07, 6.45) is 7.18. The van der Waals surface area contributed by atoms with Gasteiger partial charge in [0.1, 0.15) is 0 Å². The summed E-state index contributed by atoms with van der Waals surface area (Å²) >= 11 is 7.07. The zero-order valence-corrected chi connectivity index (χ0v) is 16.7. The minimum absolute atomic E-state index is 0.173. The Balaban J connectivity index is 1.55. The molecule has 5 rings (SSSR count). The average molecular weight is 450 g/mol. The van der Waals surface area contributed by atoms with Crippen molar-refractivity contribution in [2.75, 3.05) is 24.2 Å². The minimum atomic E-state index is -1.96. The van der Waals surface area contributed by atoms with E-state index >= 15 is 0 Å². The van der Waals surface area contributed by atoms with E-state index in [0.717, 1.165) is 57.1 Å². The zero-order valence-electron chi connectivity index (χ0n) is 12.5. The maximum atomic E-state index is 11.0. The average Bonchev–Trinajstić information content (AvgIpc) is 2.38. The molecule has 0 aromatic heterocycles. The monoisotopic (exact) mass is 448 g/mol. The molecule has 6 heteroatoms. The first-order valence-electron chi connectivity index (χ1n) is 8.07. The first-order valence-corrected chi connectivity index (χ1v) is 12.2. The van der Waals surface area contributed by atoms with Crippen molar-refractivity contribution < 1.29 is 4.89 Å². The van der Waals surface area contributed by atoms with E-state index in [9.17, 15) is 4.89 Å². The molecule has 22 heavy (non-hydrogen) atoms. The molecule has 1 aromatic carbocycles. The van der Waals surface area contributed by atoms with Gasteiger partial charge in [0.05, 0.1) is 0 Å². The molecule has 4 fully saturated rings. The zero-order chi connectivity index (χ0) is 15.5. The van der Waals surface area contributed by atoms with Crippen molar-refractivity contribution in [3.63, 3.8) is 0 Å². The molecule has 3 heterocycles. The van der Waals surface area contributed by atoms with E-state index in [4.69, 9.17) is 5.73 Å². The van der Waals surface area contributed by atoms with Crippen molar-refractivity contribution in [3.05, 3.63) is 26.6 Å². The fourth-order valence-electron chi connectivity index (χ4n) is 5.49.